The van der Waals surface area contributed by atoms with E-state index in [0.717, 1.165) is 0 Å². The van der Waals surface area contributed by atoms with Crippen molar-refractivity contribution in [2.24, 2.45) is 0 Å². The molecule has 1 radical (unpaired) electrons. The standard InChI is InChI=1S/C9H15/c1-2-6-9-7-4-3-5-8-9/h6-7H,2-5,8H2,1H3. The minimum absolute atomic E-state index is 1.20. The van der Waals surface area contributed by atoms with E-state index in [1.165, 1.54) is 32.1 Å². The van der Waals surface area contributed by atoms with Crippen molar-refractivity contribution in [2.45, 2.75) is 39.0 Å². The van der Waals surface area contributed by atoms with Crippen LogP contribution in [0.1, 0.15) is 39.0 Å². The van der Waals surface area contributed by atoms with Gasteiger partial charge >= 0.3 is 0 Å². The Bertz CT molecular complexity index is 101. The lowest BCUT2D eigenvalue weighted by Gasteiger charge is -2.10. The largest absolute Gasteiger partial charge is 0.0850 e. The van der Waals surface area contributed by atoms with Gasteiger partial charge in [0, 0.05) is 0 Å². The van der Waals surface area contributed by atoms with Crippen LogP contribution in [0, 0.1) is 6.42 Å². The van der Waals surface area contributed by atoms with Gasteiger partial charge in [-0.15, -0.1) is 0 Å². The van der Waals surface area contributed by atoms with E-state index in [1.54, 1.807) is 5.57 Å². The second kappa shape index (κ2) is 3.71. The van der Waals surface area contributed by atoms with Gasteiger partial charge in [-0.25, -0.2) is 0 Å². The first-order valence-corrected chi connectivity index (χ1v) is 3.95. The molecule has 1 rings (SSSR count). The van der Waals surface area contributed by atoms with Crippen LogP contribution in [0.5, 0.6) is 0 Å². The smallest absolute Gasteiger partial charge is 0.0140 e. The second-order valence-electron chi connectivity index (χ2n) is 2.64. The van der Waals surface area contributed by atoms with Crippen molar-refractivity contribution in [3.05, 3.63) is 18.1 Å². The zero-order chi connectivity index (χ0) is 6.53. The zero-order valence-electron chi connectivity index (χ0n) is 6.19. The van der Waals surface area contributed by atoms with E-state index in [2.05, 4.69) is 19.4 Å². The third-order valence-electron chi connectivity index (χ3n) is 1.79. The van der Waals surface area contributed by atoms with E-state index in [1.807, 2.05) is 0 Å². The van der Waals surface area contributed by atoms with Crippen LogP contribution in [0.2, 0.25) is 0 Å². The van der Waals surface area contributed by atoms with Crippen LogP contribution in [-0.4, -0.2) is 0 Å². The maximum atomic E-state index is 2.38. The Morgan fingerprint density at radius 3 is 3.00 bits per heavy atom. The van der Waals surface area contributed by atoms with Gasteiger partial charge in [0.2, 0.25) is 0 Å². The summed E-state index contributed by atoms with van der Waals surface area (Å²) < 4.78 is 0. The second-order valence-corrected chi connectivity index (χ2v) is 2.64. The molecule has 0 fully saturated rings. The van der Waals surface area contributed by atoms with Crippen LogP contribution >= 0.6 is 0 Å². The molecule has 0 aromatic heterocycles. The average molecular weight is 123 g/mol. The highest BCUT2D eigenvalue weighted by Gasteiger charge is 2.00. The Morgan fingerprint density at radius 1 is 1.56 bits per heavy atom. The molecule has 0 aromatic carbocycles. The summed E-state index contributed by atoms with van der Waals surface area (Å²) in [6, 6.07) is 0. The van der Waals surface area contributed by atoms with E-state index in [4.69, 9.17) is 0 Å². The first kappa shape index (κ1) is 6.85. The Kier molecular flexibility index (Phi) is 2.82. The Labute approximate surface area is 58.0 Å². The van der Waals surface area contributed by atoms with Crippen molar-refractivity contribution in [3.8, 4) is 0 Å². The van der Waals surface area contributed by atoms with E-state index < -0.39 is 0 Å². The lowest BCUT2D eigenvalue weighted by atomic mass is 9.96. The first-order valence-electron chi connectivity index (χ1n) is 3.95. The van der Waals surface area contributed by atoms with Crippen LogP contribution in [0.25, 0.3) is 0 Å². The fourth-order valence-electron chi connectivity index (χ4n) is 1.31. The summed E-state index contributed by atoms with van der Waals surface area (Å²) in [5, 5.41) is 0. The predicted molar refractivity (Wildman–Crippen MR) is 41.1 cm³/mol. The molecule has 1 aliphatic rings. The summed E-state index contributed by atoms with van der Waals surface area (Å²) in [6.45, 7) is 2.20. The van der Waals surface area contributed by atoms with Crippen molar-refractivity contribution >= 4 is 0 Å². The molecule has 1 aliphatic carbocycles. The molecule has 0 atom stereocenters. The van der Waals surface area contributed by atoms with Crippen LogP contribution in [0.4, 0.5) is 0 Å². The van der Waals surface area contributed by atoms with Crippen LogP contribution in [0.15, 0.2) is 11.6 Å². The Hall–Kier alpha value is -0.260. The minimum Gasteiger partial charge on any atom is -0.0850 e. The van der Waals surface area contributed by atoms with Gasteiger partial charge in [0.25, 0.3) is 0 Å². The van der Waals surface area contributed by atoms with Crippen molar-refractivity contribution in [3.63, 3.8) is 0 Å². The van der Waals surface area contributed by atoms with Gasteiger partial charge in [0.05, 0.1) is 0 Å². The van der Waals surface area contributed by atoms with E-state index in [0.29, 0.717) is 0 Å². The van der Waals surface area contributed by atoms with Gasteiger partial charge < -0.3 is 0 Å². The molecule has 0 N–H and O–H groups in total. The normalized spacial score (nSPS) is 19.4. The summed E-state index contributed by atoms with van der Waals surface area (Å²) in [5.41, 5.74) is 1.59. The fourth-order valence-corrected chi connectivity index (χ4v) is 1.31. The average Bonchev–Trinajstić information content (AvgIpc) is 1.91. The molecule has 0 heterocycles. The number of hydrogen-bond donors (Lipinski definition) is 0. The van der Waals surface area contributed by atoms with Crippen LogP contribution < -0.4 is 0 Å². The molecule has 0 aromatic rings. The monoisotopic (exact) mass is 123 g/mol. The molecule has 0 saturated heterocycles. The number of allylic oxidation sites excluding steroid dienone is 2. The topological polar surface area (TPSA) is 0 Å². The molecule has 0 spiro atoms. The quantitative estimate of drug-likeness (QED) is 0.529. The molecular weight excluding hydrogens is 108 g/mol. The van der Waals surface area contributed by atoms with Crippen molar-refractivity contribution in [1.29, 1.82) is 0 Å². The third-order valence-corrected chi connectivity index (χ3v) is 1.79. The van der Waals surface area contributed by atoms with E-state index >= 15 is 0 Å². The summed E-state index contributed by atoms with van der Waals surface area (Å²) >= 11 is 0. The van der Waals surface area contributed by atoms with Crippen LogP contribution in [0.3, 0.4) is 0 Å². The van der Waals surface area contributed by atoms with Gasteiger partial charge in [-0.2, -0.15) is 0 Å². The molecule has 0 bridgehead atoms. The molecule has 0 unspecified atom stereocenters. The van der Waals surface area contributed by atoms with Crippen molar-refractivity contribution < 1.29 is 0 Å². The molecule has 0 saturated carbocycles. The summed E-state index contributed by atoms with van der Waals surface area (Å²) in [6.07, 6.45) is 11.4. The third kappa shape index (κ3) is 2.21. The molecule has 0 aliphatic heterocycles. The summed E-state index contributed by atoms with van der Waals surface area (Å²) in [5.74, 6) is 0. The Balaban J connectivity index is 2.28. The van der Waals surface area contributed by atoms with Gasteiger partial charge in [-0.3, -0.25) is 0 Å². The maximum Gasteiger partial charge on any atom is -0.0140 e. The SMILES string of the molecule is CC[CH]C1=CCCCC1. The Morgan fingerprint density at radius 2 is 2.44 bits per heavy atom. The first-order chi connectivity index (χ1) is 4.43. The van der Waals surface area contributed by atoms with Gasteiger partial charge in [0.15, 0.2) is 0 Å². The van der Waals surface area contributed by atoms with Crippen LogP contribution in [-0.2, 0) is 0 Å². The van der Waals surface area contributed by atoms with E-state index in [-0.39, 0.29) is 0 Å². The predicted octanol–water partition coefficient (Wildman–Crippen LogP) is 3.10. The van der Waals surface area contributed by atoms with Gasteiger partial charge in [-0.05, 0) is 38.5 Å². The van der Waals surface area contributed by atoms with Crippen molar-refractivity contribution in [2.75, 3.05) is 0 Å². The molecule has 0 amide bonds. The maximum absolute atomic E-state index is 2.38. The highest BCUT2D eigenvalue weighted by atomic mass is 14.1. The molecule has 51 valence electrons. The van der Waals surface area contributed by atoms with Crippen molar-refractivity contribution in [1.82, 2.24) is 0 Å². The lowest BCUT2D eigenvalue weighted by molar-refractivity contribution is 0.700. The summed E-state index contributed by atoms with van der Waals surface area (Å²) in [4.78, 5) is 0. The highest BCUT2D eigenvalue weighted by molar-refractivity contribution is 5.14. The lowest BCUT2D eigenvalue weighted by Crippen LogP contribution is -1.91. The van der Waals surface area contributed by atoms with E-state index in [9.17, 15) is 0 Å². The zero-order valence-corrected chi connectivity index (χ0v) is 6.19. The molecule has 9 heavy (non-hydrogen) atoms. The number of hydrogen-bond acceptors (Lipinski definition) is 0. The minimum atomic E-state index is 1.20. The molecule has 0 heteroatoms. The molecule has 0 nitrogen and oxygen atoms in total. The summed E-state index contributed by atoms with van der Waals surface area (Å²) in [7, 11) is 0. The van der Waals surface area contributed by atoms with Gasteiger partial charge in [-0.1, -0.05) is 18.6 Å². The molecular formula is C9H15. The van der Waals surface area contributed by atoms with Gasteiger partial charge in [0.1, 0.15) is 0 Å². The highest BCUT2D eigenvalue weighted by Crippen LogP contribution is 2.19. The fraction of sp³-hybridized carbons (Fsp3) is 0.667. The number of rotatable bonds is 2.